The number of hydrogen-bond donors (Lipinski definition) is 4. The molecule has 8 nitrogen and oxygen atoms in total. The van der Waals surface area contributed by atoms with Crippen LogP contribution in [0.25, 0.3) is 0 Å². The van der Waals surface area contributed by atoms with Gasteiger partial charge in [0.2, 0.25) is 23.1 Å². The van der Waals surface area contributed by atoms with Crippen molar-refractivity contribution in [3.05, 3.63) is 35.4 Å². The summed E-state index contributed by atoms with van der Waals surface area (Å²) >= 11 is 0. The van der Waals surface area contributed by atoms with Crippen molar-refractivity contribution in [2.24, 2.45) is 0 Å². The largest absolute Gasteiger partial charge is 0.363 e. The molecule has 0 saturated carbocycles. The van der Waals surface area contributed by atoms with Gasteiger partial charge < -0.3 is 20.8 Å². The van der Waals surface area contributed by atoms with E-state index in [9.17, 15) is 15.0 Å². The molecule has 0 unspecified atom stereocenters. The molecule has 0 saturated heterocycles. The van der Waals surface area contributed by atoms with Crippen LogP contribution in [0.15, 0.2) is 28.9 Å². The lowest BCUT2D eigenvalue weighted by Gasteiger charge is -2.40. The summed E-state index contributed by atoms with van der Waals surface area (Å²) in [5.74, 6) is -0.461. The number of carbonyl (C=O) groups excluding carboxylic acids is 1. The van der Waals surface area contributed by atoms with Crippen LogP contribution in [-0.2, 0) is 5.72 Å². The normalized spacial score (nSPS) is 30.9. The Labute approximate surface area is 106 Å². The summed E-state index contributed by atoms with van der Waals surface area (Å²) in [6.07, 6.45) is 0. The van der Waals surface area contributed by atoms with E-state index >= 15 is 0 Å². The fourth-order valence-corrected chi connectivity index (χ4v) is 2.55. The van der Waals surface area contributed by atoms with Crippen molar-refractivity contribution in [2.45, 2.75) is 11.4 Å². The molecule has 4 rings (SSSR count). The van der Waals surface area contributed by atoms with E-state index in [1.165, 1.54) is 6.07 Å². The number of carbonyl (C=O) groups is 1. The number of hydrogen-bond acceptors (Lipinski definition) is 8. The number of Topliss-reactive ketones (excluding diaryl/α,β-unsaturated/α-hetero) is 1. The van der Waals surface area contributed by atoms with Gasteiger partial charge in [-0.1, -0.05) is 24.3 Å². The maximum Gasteiger partial charge on any atom is 0.255 e. The molecule has 2 aliphatic rings. The van der Waals surface area contributed by atoms with Gasteiger partial charge in [-0.2, -0.15) is 0 Å². The third-order valence-corrected chi connectivity index (χ3v) is 3.50. The third-order valence-electron chi connectivity index (χ3n) is 3.50. The van der Waals surface area contributed by atoms with Crippen LogP contribution in [0.3, 0.4) is 0 Å². The van der Waals surface area contributed by atoms with Gasteiger partial charge in [-0.05, 0) is 10.3 Å². The molecule has 2 atom stereocenters. The van der Waals surface area contributed by atoms with Gasteiger partial charge in [0.05, 0.1) is 0 Å². The zero-order valence-corrected chi connectivity index (χ0v) is 9.41. The lowest BCUT2D eigenvalue weighted by atomic mass is 9.96. The summed E-state index contributed by atoms with van der Waals surface area (Å²) in [6.45, 7) is 0. The zero-order chi connectivity index (χ0) is 13.3. The fourth-order valence-electron chi connectivity index (χ4n) is 2.55. The second-order valence-corrected chi connectivity index (χ2v) is 4.51. The molecule has 0 amide bonds. The number of benzene rings is 1. The van der Waals surface area contributed by atoms with Crippen molar-refractivity contribution in [2.75, 3.05) is 10.6 Å². The number of nitrogens with zero attached hydrogens (tertiary/aromatic N) is 2. The van der Waals surface area contributed by atoms with Crippen molar-refractivity contribution in [1.82, 2.24) is 10.3 Å². The lowest BCUT2D eigenvalue weighted by molar-refractivity contribution is -0.0917. The lowest BCUT2D eigenvalue weighted by Crippen LogP contribution is -2.63. The predicted molar refractivity (Wildman–Crippen MR) is 61.2 cm³/mol. The highest BCUT2D eigenvalue weighted by Crippen LogP contribution is 2.48. The van der Waals surface area contributed by atoms with Crippen molar-refractivity contribution >= 4 is 17.4 Å². The van der Waals surface area contributed by atoms with Crippen LogP contribution in [-0.4, -0.2) is 32.0 Å². The van der Waals surface area contributed by atoms with Gasteiger partial charge in [-0.15, -0.1) is 0 Å². The molecular formula is C11H8N4O4. The number of anilines is 2. The van der Waals surface area contributed by atoms with Crippen LogP contribution in [0.4, 0.5) is 11.6 Å². The van der Waals surface area contributed by atoms with Crippen LogP contribution >= 0.6 is 0 Å². The molecule has 0 radical (unpaired) electrons. The van der Waals surface area contributed by atoms with Crippen LogP contribution in [0.1, 0.15) is 15.9 Å². The SMILES string of the molecule is O=C1c2ccccc2[C@@]2(O)Nc3nonc3N[C@@]12O. The molecule has 0 spiro atoms. The molecule has 1 aromatic heterocycles. The zero-order valence-electron chi connectivity index (χ0n) is 9.41. The van der Waals surface area contributed by atoms with E-state index in [4.69, 9.17) is 0 Å². The highest BCUT2D eigenvalue weighted by atomic mass is 16.6. The molecule has 0 bridgehead atoms. The first-order chi connectivity index (χ1) is 9.06. The monoisotopic (exact) mass is 260 g/mol. The first-order valence-corrected chi connectivity index (χ1v) is 5.54. The molecule has 4 N–H and O–H groups in total. The highest BCUT2D eigenvalue weighted by molar-refractivity contribution is 6.11. The van der Waals surface area contributed by atoms with Gasteiger partial charge in [0.25, 0.3) is 5.72 Å². The van der Waals surface area contributed by atoms with Crippen molar-refractivity contribution in [3.8, 4) is 0 Å². The Bertz CT molecular complexity index is 714. The van der Waals surface area contributed by atoms with Crippen LogP contribution in [0, 0.1) is 0 Å². The Morgan fingerprint density at radius 2 is 1.68 bits per heavy atom. The summed E-state index contributed by atoms with van der Waals surface area (Å²) < 4.78 is 4.49. The van der Waals surface area contributed by atoms with Crippen LogP contribution in [0.2, 0.25) is 0 Å². The fraction of sp³-hybridized carbons (Fsp3) is 0.182. The maximum atomic E-state index is 12.3. The number of aromatic nitrogens is 2. The number of nitrogens with one attached hydrogen (secondary N) is 2. The van der Waals surface area contributed by atoms with Gasteiger partial charge in [0.15, 0.2) is 0 Å². The van der Waals surface area contributed by atoms with E-state index in [1.807, 2.05) is 0 Å². The van der Waals surface area contributed by atoms with E-state index in [0.717, 1.165) is 0 Å². The molecular weight excluding hydrogens is 252 g/mol. The van der Waals surface area contributed by atoms with Gasteiger partial charge in [0.1, 0.15) is 0 Å². The second kappa shape index (κ2) is 2.92. The Morgan fingerprint density at radius 3 is 2.42 bits per heavy atom. The smallest absolute Gasteiger partial charge is 0.255 e. The van der Waals surface area contributed by atoms with Gasteiger partial charge in [0, 0.05) is 11.1 Å². The Morgan fingerprint density at radius 1 is 1.05 bits per heavy atom. The minimum atomic E-state index is -2.25. The topological polar surface area (TPSA) is 121 Å². The molecule has 19 heavy (non-hydrogen) atoms. The minimum absolute atomic E-state index is 0.0633. The summed E-state index contributed by atoms with van der Waals surface area (Å²) in [6, 6.07) is 6.40. The first kappa shape index (κ1) is 10.5. The molecule has 1 aromatic carbocycles. The molecule has 2 aromatic rings. The number of aliphatic hydroxyl groups is 2. The predicted octanol–water partition coefficient (Wildman–Crippen LogP) is -0.363. The summed E-state index contributed by atoms with van der Waals surface area (Å²) in [4.78, 5) is 12.3. The summed E-state index contributed by atoms with van der Waals surface area (Å²) in [5.41, 5.74) is -3.77. The second-order valence-electron chi connectivity index (χ2n) is 4.51. The van der Waals surface area contributed by atoms with E-state index in [0.29, 0.717) is 0 Å². The Hall–Kier alpha value is -2.45. The average Bonchev–Trinajstić information content (AvgIpc) is 2.90. The van der Waals surface area contributed by atoms with E-state index < -0.39 is 17.2 Å². The van der Waals surface area contributed by atoms with Gasteiger partial charge >= 0.3 is 0 Å². The van der Waals surface area contributed by atoms with E-state index in [1.54, 1.807) is 18.2 Å². The molecule has 2 heterocycles. The van der Waals surface area contributed by atoms with Crippen LogP contribution < -0.4 is 10.6 Å². The molecule has 1 aliphatic carbocycles. The van der Waals surface area contributed by atoms with Gasteiger partial charge in [-0.3, -0.25) is 4.79 Å². The summed E-state index contributed by atoms with van der Waals surface area (Å²) in [7, 11) is 0. The first-order valence-electron chi connectivity index (χ1n) is 5.54. The molecule has 96 valence electrons. The molecule has 1 aliphatic heterocycles. The van der Waals surface area contributed by atoms with Crippen LogP contribution in [0.5, 0.6) is 0 Å². The minimum Gasteiger partial charge on any atom is -0.363 e. The Kier molecular flexibility index (Phi) is 1.61. The molecule has 8 heteroatoms. The third kappa shape index (κ3) is 0.996. The van der Waals surface area contributed by atoms with E-state index in [-0.39, 0.29) is 22.8 Å². The van der Waals surface area contributed by atoms with Crippen molar-refractivity contribution in [3.63, 3.8) is 0 Å². The van der Waals surface area contributed by atoms with Crippen molar-refractivity contribution in [1.29, 1.82) is 0 Å². The quantitative estimate of drug-likeness (QED) is 0.506. The summed E-state index contributed by atoms with van der Waals surface area (Å²) in [5, 5.41) is 33.4. The average molecular weight is 260 g/mol. The van der Waals surface area contributed by atoms with Crippen molar-refractivity contribution < 1.29 is 19.6 Å². The number of rotatable bonds is 0. The highest BCUT2D eigenvalue weighted by Gasteiger charge is 2.66. The number of fused-ring (bicyclic) bond motifs is 4. The maximum absolute atomic E-state index is 12.3. The van der Waals surface area contributed by atoms with Gasteiger partial charge in [-0.25, -0.2) is 4.63 Å². The Balaban J connectivity index is 2.01. The number of ketones is 1. The van der Waals surface area contributed by atoms with E-state index in [2.05, 4.69) is 25.6 Å². The molecule has 0 fully saturated rings. The standard InChI is InChI=1S/C11H8N4O4/c16-7-5-3-1-2-4-6(5)10(17)11(7,18)13-9-8(12-10)14-19-15-9/h1-4,17-18H,(H,12,14)(H,13,15)/t10-,11+/m0/s1.